The highest BCUT2D eigenvalue weighted by atomic mass is 16.7. The minimum atomic E-state index is -1.84. The molecule has 18 atom stereocenters. The van der Waals surface area contributed by atoms with Crippen molar-refractivity contribution < 1.29 is 58.4 Å². The van der Waals surface area contributed by atoms with Crippen molar-refractivity contribution in [1.29, 1.82) is 0 Å². The Morgan fingerprint density at radius 1 is 0.961 bits per heavy atom. The number of carbonyl (C=O) groups is 1. The average molecular weight is 731 g/mol. The number of fused-ring (bicyclic) bond motifs is 2. The molecule has 0 aromatic carbocycles. The largest absolute Gasteiger partial charge is 0.472 e. The fourth-order valence-electron chi connectivity index (χ4n) is 8.61. The number of nitrogens with zero attached hydrogens (tertiary/aromatic N) is 2. The van der Waals surface area contributed by atoms with Gasteiger partial charge in [0.2, 0.25) is 0 Å². The third-order valence-electron chi connectivity index (χ3n) is 11.9. The molecule has 0 spiro atoms. The zero-order valence-electron chi connectivity index (χ0n) is 32.9. The zero-order valence-corrected chi connectivity index (χ0v) is 32.9. The van der Waals surface area contributed by atoms with Crippen LogP contribution < -0.4 is 0 Å². The number of aliphatic hydroxyl groups is 4. The van der Waals surface area contributed by atoms with E-state index in [9.17, 15) is 25.2 Å². The molecule has 4 aliphatic rings. The number of ether oxygens (including phenoxy) is 7. The van der Waals surface area contributed by atoms with Gasteiger partial charge >= 0.3 is 5.97 Å². The van der Waals surface area contributed by atoms with Crippen LogP contribution in [0.3, 0.4) is 0 Å². The van der Waals surface area contributed by atoms with E-state index in [1.165, 1.54) is 14.0 Å². The standard InChI is InChI=1S/C37H66N2O12/c1-14-25-37(10,44)29(41)22(6)38-32-18(2)16-36(9,51-32)31(50-34-27(40)24(39(11)12)15-19(3)46-34)20(4)28(21(5)33(43)48-25)49-26-17-35(8,45-13)30(42)23(7)47-26/h18-31,34,40-42,44H,14-17H2,1-13H3/t18-,19?,20+,21-,22-,23?,24-,25-,26+,27?,28+,29-,30+,31-,34+,35+,36-,37-/m1/s1. The maximum atomic E-state index is 14.2. The van der Waals surface area contributed by atoms with Crippen molar-refractivity contribution in [2.24, 2.45) is 22.7 Å². The second-order valence-electron chi connectivity index (χ2n) is 16.5. The Labute approximate surface area is 304 Å². The first-order valence-electron chi connectivity index (χ1n) is 18.7. The van der Waals surface area contributed by atoms with E-state index in [4.69, 9.17) is 38.2 Å². The highest BCUT2D eigenvalue weighted by Crippen LogP contribution is 2.44. The van der Waals surface area contributed by atoms with Gasteiger partial charge in [-0.3, -0.25) is 4.79 Å². The van der Waals surface area contributed by atoms with Crippen molar-refractivity contribution in [3.8, 4) is 0 Å². The molecule has 0 amide bonds. The number of likely N-dealkylation sites (N-methyl/N-ethyl adjacent to an activating group) is 1. The topological polar surface area (TPSA) is 178 Å². The Balaban J connectivity index is 1.85. The van der Waals surface area contributed by atoms with E-state index in [2.05, 4.69) is 0 Å². The van der Waals surface area contributed by atoms with E-state index >= 15 is 0 Å². The van der Waals surface area contributed by atoms with Gasteiger partial charge in [0, 0.05) is 37.8 Å². The molecule has 0 aromatic heterocycles. The number of cyclic esters (lactones) is 1. The molecule has 4 heterocycles. The second-order valence-corrected chi connectivity index (χ2v) is 16.5. The van der Waals surface area contributed by atoms with E-state index < -0.39 is 96.0 Å². The smallest absolute Gasteiger partial charge is 0.311 e. The van der Waals surface area contributed by atoms with E-state index in [0.717, 1.165) is 0 Å². The number of methoxy groups -OCH3 is 1. The summed E-state index contributed by atoms with van der Waals surface area (Å²) >= 11 is 0. The molecule has 0 aliphatic carbocycles. The monoisotopic (exact) mass is 730 g/mol. The molecular weight excluding hydrogens is 664 g/mol. The van der Waals surface area contributed by atoms with Crippen LogP contribution in [0.5, 0.6) is 0 Å². The highest BCUT2D eigenvalue weighted by Gasteiger charge is 2.56. The third-order valence-corrected chi connectivity index (χ3v) is 11.9. The van der Waals surface area contributed by atoms with Crippen LogP contribution in [0.15, 0.2) is 4.99 Å². The molecule has 3 unspecified atom stereocenters. The lowest BCUT2D eigenvalue weighted by Gasteiger charge is -2.48. The van der Waals surface area contributed by atoms with Crippen LogP contribution in [0.4, 0.5) is 0 Å². The van der Waals surface area contributed by atoms with E-state index in [0.29, 0.717) is 18.7 Å². The minimum absolute atomic E-state index is 0.163. The summed E-state index contributed by atoms with van der Waals surface area (Å²) < 4.78 is 44.5. The number of hydrogen-bond donors (Lipinski definition) is 4. The summed E-state index contributed by atoms with van der Waals surface area (Å²) in [5, 5.41) is 45.5. The van der Waals surface area contributed by atoms with Crippen LogP contribution >= 0.6 is 0 Å². The maximum Gasteiger partial charge on any atom is 0.311 e. The lowest BCUT2D eigenvalue weighted by Crippen LogP contribution is -2.60. The van der Waals surface area contributed by atoms with Gasteiger partial charge in [-0.1, -0.05) is 20.8 Å². The number of carbonyl (C=O) groups excluding carboxylic acids is 1. The normalized spacial score (nSPS) is 50.3. The molecule has 0 aromatic rings. The Hall–Kier alpha value is -1.46. The van der Waals surface area contributed by atoms with Gasteiger partial charge in [0.15, 0.2) is 18.5 Å². The number of hydrogen-bond acceptors (Lipinski definition) is 14. The first-order chi connectivity index (χ1) is 23.6. The van der Waals surface area contributed by atoms with E-state index in [1.807, 2.05) is 46.7 Å². The average Bonchev–Trinajstić information content (AvgIpc) is 3.35. The fourth-order valence-corrected chi connectivity index (χ4v) is 8.61. The molecule has 0 radical (unpaired) electrons. The molecule has 3 saturated heterocycles. The lowest BCUT2D eigenvalue weighted by atomic mass is 9.79. The minimum Gasteiger partial charge on any atom is -0.472 e. The summed E-state index contributed by atoms with van der Waals surface area (Å²) in [4.78, 5) is 20.9. The third kappa shape index (κ3) is 8.60. The summed E-state index contributed by atoms with van der Waals surface area (Å²) in [6, 6.07) is -1.04. The summed E-state index contributed by atoms with van der Waals surface area (Å²) in [6.45, 7) is 17.8. The van der Waals surface area contributed by atoms with Crippen LogP contribution in [0.2, 0.25) is 0 Å². The number of aliphatic imine (C=N–C) groups is 1. The molecule has 51 heavy (non-hydrogen) atoms. The summed E-state index contributed by atoms with van der Waals surface area (Å²) in [5.41, 5.74) is -3.91. The fraction of sp³-hybridized carbons (Fsp3) is 0.946. The number of aliphatic hydroxyl groups excluding tert-OH is 3. The van der Waals surface area contributed by atoms with Crippen LogP contribution in [0.25, 0.3) is 0 Å². The lowest BCUT2D eigenvalue weighted by molar-refractivity contribution is -0.315. The highest BCUT2D eigenvalue weighted by molar-refractivity contribution is 5.81. The van der Waals surface area contributed by atoms with Gasteiger partial charge in [-0.15, -0.1) is 0 Å². The van der Waals surface area contributed by atoms with Crippen LogP contribution in [0.1, 0.15) is 94.9 Å². The van der Waals surface area contributed by atoms with Crippen molar-refractivity contribution in [1.82, 2.24) is 4.90 Å². The quantitative estimate of drug-likeness (QED) is 0.281. The molecule has 2 bridgehead atoms. The van der Waals surface area contributed by atoms with Gasteiger partial charge in [-0.25, -0.2) is 4.99 Å². The molecule has 4 N–H and O–H groups in total. The first kappa shape index (κ1) is 42.3. The van der Waals surface area contributed by atoms with Gasteiger partial charge in [-0.05, 0) is 75.4 Å². The summed E-state index contributed by atoms with van der Waals surface area (Å²) in [6.07, 6.45) is -7.53. The second kappa shape index (κ2) is 16.1. The van der Waals surface area contributed by atoms with Gasteiger partial charge in [-0.2, -0.15) is 0 Å². The molecule has 0 saturated carbocycles. The summed E-state index contributed by atoms with van der Waals surface area (Å²) in [5.74, 6) is -2.03. The Morgan fingerprint density at radius 2 is 1.61 bits per heavy atom. The molecule has 14 heteroatoms. The Morgan fingerprint density at radius 3 is 2.20 bits per heavy atom. The van der Waals surface area contributed by atoms with Gasteiger partial charge in [0.25, 0.3) is 0 Å². The van der Waals surface area contributed by atoms with Crippen molar-refractivity contribution in [2.45, 2.75) is 185 Å². The number of rotatable bonds is 7. The molecule has 14 nitrogen and oxygen atoms in total. The van der Waals surface area contributed by atoms with Crippen molar-refractivity contribution >= 4 is 11.9 Å². The molecule has 296 valence electrons. The van der Waals surface area contributed by atoms with Crippen LogP contribution in [-0.4, -0.2) is 149 Å². The van der Waals surface area contributed by atoms with Gasteiger partial charge in [0.1, 0.15) is 41.7 Å². The summed E-state index contributed by atoms with van der Waals surface area (Å²) in [7, 11) is 5.33. The molecule has 4 aliphatic heterocycles. The molecular formula is C37H66N2O12. The van der Waals surface area contributed by atoms with Crippen molar-refractivity contribution in [3.63, 3.8) is 0 Å². The number of esters is 1. The van der Waals surface area contributed by atoms with Gasteiger partial charge < -0.3 is 58.5 Å². The Kier molecular flexibility index (Phi) is 13.4. The van der Waals surface area contributed by atoms with E-state index in [-0.39, 0.29) is 30.9 Å². The molecule has 3 fully saturated rings. The Bertz CT molecular complexity index is 1220. The van der Waals surface area contributed by atoms with Gasteiger partial charge in [0.05, 0.1) is 35.9 Å². The van der Waals surface area contributed by atoms with Crippen molar-refractivity contribution in [2.75, 3.05) is 21.2 Å². The van der Waals surface area contributed by atoms with E-state index in [1.54, 1.807) is 34.6 Å². The first-order valence-corrected chi connectivity index (χ1v) is 18.7. The zero-order chi connectivity index (χ0) is 38.4. The molecule has 4 rings (SSSR count). The predicted molar refractivity (Wildman–Crippen MR) is 188 cm³/mol. The van der Waals surface area contributed by atoms with Crippen molar-refractivity contribution in [3.05, 3.63) is 0 Å². The van der Waals surface area contributed by atoms with Crippen LogP contribution in [-0.2, 0) is 38.0 Å². The maximum absolute atomic E-state index is 14.2. The SMILES string of the molecule is CC[C@H]1OC(=O)[C@H](C)[C@@H](O[C@H]2C[C@](C)(OC)[C@@H](O)C(C)O2)[C@H](C)[C@@H](O[C@@H]2OC(C)C[C@@H](N(C)C)C2O)[C@@]2(C)C[C@@H](C)C(=N[C@H](C)[C@@H](O)[C@]1(C)O)O2. The van der Waals surface area contributed by atoms with Crippen LogP contribution in [0, 0.1) is 17.8 Å². The predicted octanol–water partition coefficient (Wildman–Crippen LogP) is 2.41.